The van der Waals surface area contributed by atoms with Gasteiger partial charge in [0, 0.05) is 44.6 Å². The molecule has 0 atom stereocenters. The largest absolute Gasteiger partial charge is 0.383 e. The van der Waals surface area contributed by atoms with Gasteiger partial charge in [-0.1, -0.05) is 0 Å². The van der Waals surface area contributed by atoms with Crippen molar-refractivity contribution in [2.75, 3.05) is 18.4 Å². The van der Waals surface area contributed by atoms with Gasteiger partial charge in [0.05, 0.1) is 17.4 Å². The maximum atomic E-state index is 12.2. The molecule has 0 fully saturated rings. The number of aryl methyl sites for hydroxylation is 1. The average Bonchev–Trinajstić information content (AvgIpc) is 2.85. The van der Waals surface area contributed by atoms with Gasteiger partial charge in [0.25, 0.3) is 5.91 Å². The van der Waals surface area contributed by atoms with Crippen LogP contribution in [0.15, 0.2) is 30.7 Å². The van der Waals surface area contributed by atoms with Crippen molar-refractivity contribution in [2.24, 2.45) is 7.05 Å². The number of hydrogen-bond acceptors (Lipinski definition) is 4. The minimum atomic E-state index is -0.0921. The molecule has 0 saturated carbocycles. The zero-order chi connectivity index (χ0) is 14.4. The molecule has 0 aromatic carbocycles. The quantitative estimate of drug-likeness (QED) is 0.830. The molecule has 2 aromatic heterocycles. The maximum Gasteiger partial charge on any atom is 0.253 e. The van der Waals surface area contributed by atoms with E-state index in [4.69, 9.17) is 0 Å². The van der Waals surface area contributed by atoms with Gasteiger partial charge in [-0.25, -0.2) is 0 Å². The molecule has 20 heavy (non-hydrogen) atoms. The van der Waals surface area contributed by atoms with Crippen LogP contribution in [0.3, 0.4) is 0 Å². The molecule has 0 spiro atoms. The number of carbonyl (C=O) groups excluding carboxylic acids is 1. The monoisotopic (exact) mass is 273 g/mol. The van der Waals surface area contributed by atoms with Gasteiger partial charge in [-0.2, -0.15) is 5.10 Å². The molecule has 106 valence electrons. The van der Waals surface area contributed by atoms with Crippen LogP contribution >= 0.6 is 0 Å². The molecule has 2 heterocycles. The van der Waals surface area contributed by atoms with Gasteiger partial charge in [-0.05, 0) is 19.1 Å². The first kappa shape index (κ1) is 14.0. The van der Waals surface area contributed by atoms with Crippen LogP contribution < -0.4 is 10.6 Å². The van der Waals surface area contributed by atoms with E-state index in [0.29, 0.717) is 12.1 Å². The second-order valence-corrected chi connectivity index (χ2v) is 4.40. The lowest BCUT2D eigenvalue weighted by Crippen LogP contribution is -2.27. The van der Waals surface area contributed by atoms with Crippen molar-refractivity contribution >= 4 is 11.6 Å². The summed E-state index contributed by atoms with van der Waals surface area (Å²) in [6.07, 6.45) is 5.80. The Morgan fingerprint density at radius 1 is 1.35 bits per heavy atom. The highest BCUT2D eigenvalue weighted by atomic mass is 16.1. The zero-order valence-corrected chi connectivity index (χ0v) is 11.8. The standard InChI is InChI=1S/C14H19N5O/c1-3-16-13-10-15-7-6-12(13)14(20)17-8-4-11-5-9-18-19(11)2/h5-7,9-10,16H,3-4,8H2,1-2H3,(H,17,20). The Hall–Kier alpha value is -2.37. The van der Waals surface area contributed by atoms with Gasteiger partial charge in [0.2, 0.25) is 0 Å². The lowest BCUT2D eigenvalue weighted by Gasteiger charge is -2.10. The summed E-state index contributed by atoms with van der Waals surface area (Å²) in [6, 6.07) is 3.67. The number of aromatic nitrogens is 3. The van der Waals surface area contributed by atoms with Crippen molar-refractivity contribution in [1.82, 2.24) is 20.1 Å². The number of amides is 1. The summed E-state index contributed by atoms with van der Waals surface area (Å²) in [7, 11) is 1.89. The Labute approximate surface area is 118 Å². The number of pyridine rings is 1. The molecular weight excluding hydrogens is 254 g/mol. The van der Waals surface area contributed by atoms with Gasteiger partial charge in [0.15, 0.2) is 0 Å². The van der Waals surface area contributed by atoms with Crippen molar-refractivity contribution in [2.45, 2.75) is 13.3 Å². The zero-order valence-electron chi connectivity index (χ0n) is 11.8. The minimum absolute atomic E-state index is 0.0921. The van der Waals surface area contributed by atoms with E-state index in [1.165, 1.54) is 0 Å². The van der Waals surface area contributed by atoms with Crippen LogP contribution in [0.2, 0.25) is 0 Å². The van der Waals surface area contributed by atoms with E-state index < -0.39 is 0 Å². The maximum absolute atomic E-state index is 12.2. The predicted molar refractivity (Wildman–Crippen MR) is 77.6 cm³/mol. The fraction of sp³-hybridized carbons (Fsp3) is 0.357. The number of rotatable bonds is 6. The molecule has 6 nitrogen and oxygen atoms in total. The van der Waals surface area contributed by atoms with Crippen LogP contribution in [0.25, 0.3) is 0 Å². The number of anilines is 1. The number of hydrogen-bond donors (Lipinski definition) is 2. The highest BCUT2D eigenvalue weighted by Crippen LogP contribution is 2.12. The first-order valence-electron chi connectivity index (χ1n) is 6.65. The van der Waals surface area contributed by atoms with Crippen molar-refractivity contribution in [3.05, 3.63) is 42.0 Å². The van der Waals surface area contributed by atoms with E-state index in [-0.39, 0.29) is 5.91 Å². The SMILES string of the molecule is CCNc1cnccc1C(=O)NCCc1ccnn1C. The lowest BCUT2D eigenvalue weighted by atomic mass is 10.2. The van der Waals surface area contributed by atoms with Crippen molar-refractivity contribution < 1.29 is 4.79 Å². The summed E-state index contributed by atoms with van der Waals surface area (Å²) in [5.74, 6) is -0.0921. The van der Waals surface area contributed by atoms with E-state index in [0.717, 1.165) is 24.3 Å². The summed E-state index contributed by atoms with van der Waals surface area (Å²) in [6.45, 7) is 3.31. The van der Waals surface area contributed by atoms with Crippen LogP contribution in [0.5, 0.6) is 0 Å². The smallest absolute Gasteiger partial charge is 0.253 e. The van der Waals surface area contributed by atoms with Crippen LogP contribution in [-0.2, 0) is 13.5 Å². The summed E-state index contributed by atoms with van der Waals surface area (Å²) >= 11 is 0. The first-order chi connectivity index (χ1) is 9.72. The first-order valence-corrected chi connectivity index (χ1v) is 6.65. The van der Waals surface area contributed by atoms with Gasteiger partial charge >= 0.3 is 0 Å². The molecule has 2 N–H and O–H groups in total. The molecule has 2 aromatic rings. The third-order valence-corrected chi connectivity index (χ3v) is 3.02. The molecule has 0 radical (unpaired) electrons. The van der Waals surface area contributed by atoms with Crippen LogP contribution in [0.4, 0.5) is 5.69 Å². The number of nitrogens with zero attached hydrogens (tertiary/aromatic N) is 3. The molecule has 2 rings (SSSR count). The van der Waals surface area contributed by atoms with Crippen molar-refractivity contribution in [3.63, 3.8) is 0 Å². The molecule has 0 bridgehead atoms. The molecule has 0 aliphatic heterocycles. The van der Waals surface area contributed by atoms with E-state index in [2.05, 4.69) is 20.7 Å². The lowest BCUT2D eigenvalue weighted by molar-refractivity contribution is 0.0954. The molecular formula is C14H19N5O. The van der Waals surface area contributed by atoms with Gasteiger partial charge < -0.3 is 10.6 Å². The topological polar surface area (TPSA) is 71.8 Å². The Kier molecular flexibility index (Phi) is 4.70. The second-order valence-electron chi connectivity index (χ2n) is 4.40. The molecule has 0 unspecified atom stereocenters. The van der Waals surface area contributed by atoms with Crippen LogP contribution in [0.1, 0.15) is 23.0 Å². The molecule has 1 amide bonds. The normalized spacial score (nSPS) is 10.3. The number of carbonyl (C=O) groups is 1. The fourth-order valence-electron chi connectivity index (χ4n) is 1.97. The van der Waals surface area contributed by atoms with Crippen LogP contribution in [-0.4, -0.2) is 33.8 Å². The third kappa shape index (κ3) is 3.34. The summed E-state index contributed by atoms with van der Waals surface area (Å²) in [5.41, 5.74) is 2.46. The number of nitrogens with one attached hydrogen (secondary N) is 2. The second kappa shape index (κ2) is 6.70. The predicted octanol–water partition coefficient (Wildman–Crippen LogP) is 1.22. The third-order valence-electron chi connectivity index (χ3n) is 3.02. The van der Waals surface area contributed by atoms with Crippen molar-refractivity contribution in [3.8, 4) is 0 Å². The Bertz CT molecular complexity index is 578. The molecule has 0 saturated heterocycles. The highest BCUT2D eigenvalue weighted by molar-refractivity contribution is 5.99. The van der Waals surface area contributed by atoms with Gasteiger partial charge in [-0.3, -0.25) is 14.5 Å². The van der Waals surface area contributed by atoms with E-state index in [1.54, 1.807) is 24.7 Å². The Morgan fingerprint density at radius 2 is 2.20 bits per heavy atom. The fourth-order valence-corrected chi connectivity index (χ4v) is 1.97. The van der Waals surface area contributed by atoms with E-state index in [9.17, 15) is 4.79 Å². The van der Waals surface area contributed by atoms with E-state index in [1.807, 2.05) is 24.7 Å². The van der Waals surface area contributed by atoms with Gasteiger partial charge in [-0.15, -0.1) is 0 Å². The highest BCUT2D eigenvalue weighted by Gasteiger charge is 2.10. The van der Waals surface area contributed by atoms with Crippen molar-refractivity contribution in [1.29, 1.82) is 0 Å². The molecule has 0 aliphatic rings. The van der Waals surface area contributed by atoms with Crippen LogP contribution in [0, 0.1) is 0 Å². The van der Waals surface area contributed by atoms with Gasteiger partial charge in [0.1, 0.15) is 0 Å². The van der Waals surface area contributed by atoms with E-state index >= 15 is 0 Å². The average molecular weight is 273 g/mol. The molecule has 0 aliphatic carbocycles. The Balaban J connectivity index is 1.93. The Morgan fingerprint density at radius 3 is 2.90 bits per heavy atom. The summed E-state index contributed by atoms with van der Waals surface area (Å²) < 4.78 is 1.81. The summed E-state index contributed by atoms with van der Waals surface area (Å²) in [4.78, 5) is 16.2. The minimum Gasteiger partial charge on any atom is -0.383 e. The summed E-state index contributed by atoms with van der Waals surface area (Å²) in [5, 5.41) is 10.1. The molecule has 6 heteroatoms.